The lowest BCUT2D eigenvalue weighted by Gasteiger charge is -2.19. The molecule has 3 nitrogen and oxygen atoms in total. The molecule has 2 aromatic carbocycles. The molecular weight excluding hydrogens is 286 g/mol. The first-order chi connectivity index (χ1) is 10.5. The van der Waals surface area contributed by atoms with Crippen LogP contribution in [0.25, 0.3) is 0 Å². The summed E-state index contributed by atoms with van der Waals surface area (Å²) >= 11 is 0. The van der Waals surface area contributed by atoms with Crippen LogP contribution in [-0.4, -0.2) is 19.5 Å². The highest BCUT2D eigenvalue weighted by Gasteiger charge is 2.10. The number of halogens is 2. The zero-order valence-electron chi connectivity index (χ0n) is 12.6. The van der Waals surface area contributed by atoms with Crippen molar-refractivity contribution in [2.24, 2.45) is 0 Å². The lowest BCUT2D eigenvalue weighted by atomic mass is 10.1. The van der Waals surface area contributed by atoms with Crippen molar-refractivity contribution in [2.75, 3.05) is 23.8 Å². The molecule has 0 unspecified atom stereocenters. The zero-order valence-corrected chi connectivity index (χ0v) is 12.6. The second-order valence-electron chi connectivity index (χ2n) is 5.05. The van der Waals surface area contributed by atoms with Crippen LogP contribution in [0, 0.1) is 11.6 Å². The molecule has 1 N–H and O–H groups in total. The quantitative estimate of drug-likeness (QED) is 0.915. The van der Waals surface area contributed by atoms with Gasteiger partial charge >= 0.3 is 0 Å². The fourth-order valence-electron chi connectivity index (χ4n) is 2.05. The standard InChI is InChI=1S/C17H18F2N2O/c1-3-12-4-6-13(7-5-12)20-17(22)11-21(2)14-8-9-15(18)16(19)10-14/h4-10H,3,11H2,1-2H3,(H,20,22). The van der Waals surface area contributed by atoms with Crippen LogP contribution in [0.3, 0.4) is 0 Å². The van der Waals surface area contributed by atoms with E-state index in [1.165, 1.54) is 11.6 Å². The Hall–Kier alpha value is -2.43. The van der Waals surface area contributed by atoms with E-state index in [0.29, 0.717) is 11.4 Å². The highest BCUT2D eigenvalue weighted by molar-refractivity contribution is 5.94. The van der Waals surface area contributed by atoms with Crippen molar-refractivity contribution in [2.45, 2.75) is 13.3 Å². The van der Waals surface area contributed by atoms with Crippen molar-refractivity contribution in [1.29, 1.82) is 0 Å². The van der Waals surface area contributed by atoms with E-state index in [0.717, 1.165) is 18.6 Å². The minimum Gasteiger partial charge on any atom is -0.365 e. The molecule has 0 fully saturated rings. The summed E-state index contributed by atoms with van der Waals surface area (Å²) in [6.45, 7) is 2.10. The van der Waals surface area contributed by atoms with Crippen LogP contribution in [0.2, 0.25) is 0 Å². The summed E-state index contributed by atoms with van der Waals surface area (Å²) in [4.78, 5) is 13.5. The molecule has 0 saturated carbocycles. The van der Waals surface area contributed by atoms with Gasteiger partial charge in [-0.25, -0.2) is 8.78 Å². The summed E-state index contributed by atoms with van der Waals surface area (Å²) < 4.78 is 26.1. The summed E-state index contributed by atoms with van der Waals surface area (Å²) in [6.07, 6.45) is 0.938. The summed E-state index contributed by atoms with van der Waals surface area (Å²) in [5, 5.41) is 2.77. The SMILES string of the molecule is CCc1ccc(NC(=O)CN(C)c2ccc(F)c(F)c2)cc1. The molecule has 0 spiro atoms. The molecule has 5 heteroatoms. The number of aryl methyl sites for hydroxylation is 1. The molecule has 2 rings (SSSR count). The Morgan fingerprint density at radius 2 is 1.77 bits per heavy atom. The molecule has 2 aromatic rings. The van der Waals surface area contributed by atoms with E-state index in [-0.39, 0.29) is 12.5 Å². The van der Waals surface area contributed by atoms with Crippen LogP contribution in [-0.2, 0) is 11.2 Å². The molecule has 0 aliphatic heterocycles. The van der Waals surface area contributed by atoms with Crippen molar-refractivity contribution < 1.29 is 13.6 Å². The lowest BCUT2D eigenvalue weighted by Crippen LogP contribution is -2.30. The van der Waals surface area contributed by atoms with Gasteiger partial charge < -0.3 is 10.2 Å². The number of nitrogens with one attached hydrogen (secondary N) is 1. The van der Waals surface area contributed by atoms with E-state index in [2.05, 4.69) is 12.2 Å². The first-order valence-electron chi connectivity index (χ1n) is 7.04. The van der Waals surface area contributed by atoms with Crippen molar-refractivity contribution in [3.05, 3.63) is 59.7 Å². The van der Waals surface area contributed by atoms with Gasteiger partial charge in [-0.3, -0.25) is 4.79 Å². The van der Waals surface area contributed by atoms with E-state index in [9.17, 15) is 13.6 Å². The molecular formula is C17H18F2N2O. The zero-order chi connectivity index (χ0) is 16.1. The molecule has 1 amide bonds. The van der Waals surface area contributed by atoms with Crippen LogP contribution in [0.1, 0.15) is 12.5 Å². The van der Waals surface area contributed by atoms with Gasteiger partial charge in [-0.05, 0) is 36.2 Å². The van der Waals surface area contributed by atoms with Crippen molar-refractivity contribution in [3.8, 4) is 0 Å². The second kappa shape index (κ2) is 7.02. The molecule has 116 valence electrons. The first-order valence-corrected chi connectivity index (χ1v) is 7.04. The number of hydrogen-bond donors (Lipinski definition) is 1. The summed E-state index contributed by atoms with van der Waals surface area (Å²) in [6, 6.07) is 11.1. The second-order valence-corrected chi connectivity index (χ2v) is 5.05. The molecule has 0 aliphatic rings. The van der Waals surface area contributed by atoms with Gasteiger partial charge in [0.1, 0.15) is 0 Å². The minimum absolute atomic E-state index is 0.0423. The first kappa shape index (κ1) is 15.9. The van der Waals surface area contributed by atoms with E-state index in [1.807, 2.05) is 24.3 Å². The number of benzene rings is 2. The maximum Gasteiger partial charge on any atom is 0.243 e. The number of carbonyl (C=O) groups is 1. The topological polar surface area (TPSA) is 32.3 Å². The molecule has 0 aliphatic carbocycles. The Morgan fingerprint density at radius 1 is 1.09 bits per heavy atom. The van der Waals surface area contributed by atoms with Gasteiger partial charge in [0.25, 0.3) is 0 Å². The summed E-state index contributed by atoms with van der Waals surface area (Å²) in [5.74, 6) is -2.06. The van der Waals surface area contributed by atoms with E-state index in [1.54, 1.807) is 11.9 Å². The fourth-order valence-corrected chi connectivity index (χ4v) is 2.05. The van der Waals surface area contributed by atoms with Crippen LogP contribution >= 0.6 is 0 Å². The number of likely N-dealkylation sites (N-methyl/N-ethyl adjacent to an activating group) is 1. The van der Waals surface area contributed by atoms with E-state index in [4.69, 9.17) is 0 Å². The van der Waals surface area contributed by atoms with Crippen LogP contribution in [0.5, 0.6) is 0 Å². The minimum atomic E-state index is -0.931. The largest absolute Gasteiger partial charge is 0.365 e. The highest BCUT2D eigenvalue weighted by Crippen LogP contribution is 2.17. The monoisotopic (exact) mass is 304 g/mol. The Labute approximate surface area is 128 Å². The molecule has 0 radical (unpaired) electrons. The average Bonchev–Trinajstić information content (AvgIpc) is 2.50. The van der Waals surface area contributed by atoms with Crippen molar-refractivity contribution in [3.63, 3.8) is 0 Å². The van der Waals surface area contributed by atoms with Crippen LogP contribution < -0.4 is 10.2 Å². The van der Waals surface area contributed by atoms with Gasteiger partial charge in [0.2, 0.25) is 5.91 Å². The smallest absolute Gasteiger partial charge is 0.243 e. The third-order valence-electron chi connectivity index (χ3n) is 3.37. The molecule has 0 bridgehead atoms. The van der Waals surface area contributed by atoms with Crippen molar-refractivity contribution in [1.82, 2.24) is 0 Å². The van der Waals surface area contributed by atoms with E-state index < -0.39 is 11.6 Å². The third kappa shape index (κ3) is 4.04. The number of anilines is 2. The van der Waals surface area contributed by atoms with Gasteiger partial charge in [0, 0.05) is 24.5 Å². The van der Waals surface area contributed by atoms with Crippen LogP contribution in [0.4, 0.5) is 20.2 Å². The number of nitrogens with zero attached hydrogens (tertiary/aromatic N) is 1. The predicted octanol–water partition coefficient (Wildman–Crippen LogP) is 3.60. The fraction of sp³-hybridized carbons (Fsp3) is 0.235. The predicted molar refractivity (Wildman–Crippen MR) is 84.1 cm³/mol. The molecule has 0 heterocycles. The van der Waals surface area contributed by atoms with Gasteiger partial charge in [-0.2, -0.15) is 0 Å². The molecule has 0 saturated heterocycles. The van der Waals surface area contributed by atoms with Gasteiger partial charge in [-0.1, -0.05) is 19.1 Å². The van der Waals surface area contributed by atoms with Gasteiger partial charge in [0.05, 0.1) is 6.54 Å². The number of carbonyl (C=O) groups excluding carboxylic acids is 1. The number of rotatable bonds is 5. The Bertz CT molecular complexity index is 656. The molecule has 0 atom stereocenters. The Kier molecular flexibility index (Phi) is 5.09. The van der Waals surface area contributed by atoms with Gasteiger partial charge in [0.15, 0.2) is 11.6 Å². The maximum absolute atomic E-state index is 13.2. The normalized spacial score (nSPS) is 10.4. The van der Waals surface area contributed by atoms with E-state index >= 15 is 0 Å². The number of hydrogen-bond acceptors (Lipinski definition) is 2. The highest BCUT2D eigenvalue weighted by atomic mass is 19.2. The maximum atomic E-state index is 13.2. The third-order valence-corrected chi connectivity index (χ3v) is 3.37. The summed E-state index contributed by atoms with van der Waals surface area (Å²) in [5.41, 5.74) is 2.34. The van der Waals surface area contributed by atoms with Gasteiger partial charge in [-0.15, -0.1) is 0 Å². The number of amides is 1. The molecule has 0 aromatic heterocycles. The Balaban J connectivity index is 1.96. The van der Waals surface area contributed by atoms with Crippen molar-refractivity contribution >= 4 is 17.3 Å². The van der Waals surface area contributed by atoms with Crippen LogP contribution in [0.15, 0.2) is 42.5 Å². The lowest BCUT2D eigenvalue weighted by molar-refractivity contribution is -0.114. The average molecular weight is 304 g/mol. The summed E-state index contributed by atoms with van der Waals surface area (Å²) in [7, 11) is 1.65. The Morgan fingerprint density at radius 3 is 2.36 bits per heavy atom. The molecule has 22 heavy (non-hydrogen) atoms.